The number of benzene rings is 2. The van der Waals surface area contributed by atoms with Gasteiger partial charge in [-0.2, -0.15) is 0 Å². The van der Waals surface area contributed by atoms with Gasteiger partial charge in [0.05, 0.1) is 10.5 Å². The molecule has 0 unspecified atom stereocenters. The Bertz CT molecular complexity index is 991. The van der Waals surface area contributed by atoms with Crippen LogP contribution < -0.4 is 5.32 Å². The summed E-state index contributed by atoms with van der Waals surface area (Å²) in [6.07, 6.45) is 1.73. The minimum absolute atomic E-state index is 0.170. The van der Waals surface area contributed by atoms with Gasteiger partial charge in [0, 0.05) is 34.4 Å². The van der Waals surface area contributed by atoms with Crippen LogP contribution in [0.3, 0.4) is 0 Å². The maximum Gasteiger partial charge on any atom is 0.270 e. The lowest BCUT2D eigenvalue weighted by Gasteiger charge is -2.39. The van der Waals surface area contributed by atoms with E-state index in [0.717, 1.165) is 25.0 Å². The van der Waals surface area contributed by atoms with Crippen LogP contribution in [0.4, 0.5) is 10.1 Å². The van der Waals surface area contributed by atoms with Crippen molar-refractivity contribution in [1.29, 1.82) is 0 Å². The quantitative estimate of drug-likeness (QED) is 0.617. The molecule has 1 aliphatic heterocycles. The zero-order valence-electron chi connectivity index (χ0n) is 15.1. The average Bonchev–Trinajstić information content (AvgIpc) is 3.47. The monoisotopic (exact) mass is 399 g/mol. The summed E-state index contributed by atoms with van der Waals surface area (Å²) in [7, 11) is 0. The molecule has 1 N–H and O–H groups in total. The van der Waals surface area contributed by atoms with Gasteiger partial charge in [-0.25, -0.2) is 4.39 Å². The third kappa shape index (κ3) is 3.07. The highest BCUT2D eigenvalue weighted by Crippen LogP contribution is 2.64. The summed E-state index contributed by atoms with van der Waals surface area (Å²) >= 11 is 1.43. The molecule has 2 aliphatic rings. The van der Waals surface area contributed by atoms with Crippen molar-refractivity contribution in [2.24, 2.45) is 10.4 Å². The van der Waals surface area contributed by atoms with Gasteiger partial charge in [-0.05, 0) is 38.0 Å². The number of nitrogens with zero attached hydrogens (tertiary/aromatic N) is 2. The van der Waals surface area contributed by atoms with Gasteiger partial charge in [0.25, 0.3) is 11.6 Å². The van der Waals surface area contributed by atoms with Crippen LogP contribution in [-0.2, 0) is 5.54 Å². The molecule has 0 radical (unpaired) electrons. The van der Waals surface area contributed by atoms with Crippen LogP contribution in [0.25, 0.3) is 0 Å². The van der Waals surface area contributed by atoms with E-state index in [2.05, 4.69) is 5.32 Å². The summed E-state index contributed by atoms with van der Waals surface area (Å²) < 4.78 is 14.7. The third-order valence-electron chi connectivity index (χ3n) is 5.64. The van der Waals surface area contributed by atoms with E-state index in [-0.39, 0.29) is 22.6 Å². The lowest BCUT2D eigenvalue weighted by Crippen LogP contribution is -2.42. The van der Waals surface area contributed by atoms with Gasteiger partial charge in [-0.15, -0.1) is 0 Å². The van der Waals surface area contributed by atoms with Crippen LogP contribution in [0.15, 0.2) is 53.5 Å². The second-order valence-corrected chi connectivity index (χ2v) is 8.26. The fraction of sp³-hybridized carbons (Fsp3) is 0.300. The number of carbonyl (C=O) groups is 1. The predicted molar refractivity (Wildman–Crippen MR) is 106 cm³/mol. The van der Waals surface area contributed by atoms with E-state index in [9.17, 15) is 19.3 Å². The van der Waals surface area contributed by atoms with Crippen LogP contribution in [-0.4, -0.2) is 21.8 Å². The molecule has 1 spiro atoms. The second kappa shape index (κ2) is 6.70. The molecule has 0 aromatic heterocycles. The van der Waals surface area contributed by atoms with Gasteiger partial charge in [0.15, 0.2) is 5.17 Å². The number of nitro groups is 1. The molecule has 2 aromatic rings. The molecule has 8 heteroatoms. The zero-order valence-corrected chi connectivity index (χ0v) is 16.0. The normalized spacial score (nSPS) is 22.4. The Kier molecular flexibility index (Phi) is 4.45. The van der Waals surface area contributed by atoms with Crippen molar-refractivity contribution in [2.75, 3.05) is 5.75 Å². The third-order valence-corrected chi connectivity index (χ3v) is 6.80. The Hall–Kier alpha value is -2.74. The molecule has 1 fully saturated rings. The van der Waals surface area contributed by atoms with Gasteiger partial charge in [0.2, 0.25) is 0 Å². The first kappa shape index (κ1) is 18.6. The Labute approximate surface area is 165 Å². The molecule has 1 heterocycles. The van der Waals surface area contributed by atoms with Crippen LogP contribution in [0, 0.1) is 21.3 Å². The number of hydrogen-bond acceptors (Lipinski definition) is 5. The van der Waals surface area contributed by atoms with Crippen molar-refractivity contribution in [3.8, 4) is 0 Å². The molecule has 144 valence electrons. The molecule has 0 bridgehead atoms. The Morgan fingerprint density at radius 2 is 1.96 bits per heavy atom. The van der Waals surface area contributed by atoms with Gasteiger partial charge >= 0.3 is 0 Å². The van der Waals surface area contributed by atoms with Gasteiger partial charge < -0.3 is 5.32 Å². The summed E-state index contributed by atoms with van der Waals surface area (Å²) in [4.78, 5) is 27.8. The fourth-order valence-corrected chi connectivity index (χ4v) is 5.05. The van der Waals surface area contributed by atoms with E-state index < -0.39 is 16.3 Å². The average molecular weight is 399 g/mol. The molecule has 1 aliphatic carbocycles. The number of non-ortho nitro benzene ring substituents is 1. The van der Waals surface area contributed by atoms with E-state index in [0.29, 0.717) is 16.5 Å². The summed E-state index contributed by atoms with van der Waals surface area (Å²) in [5.74, 6) is -0.149. The van der Waals surface area contributed by atoms with Crippen molar-refractivity contribution in [3.05, 3.63) is 75.6 Å². The van der Waals surface area contributed by atoms with Gasteiger partial charge in [-0.1, -0.05) is 30.0 Å². The maximum atomic E-state index is 14.7. The lowest BCUT2D eigenvalue weighted by atomic mass is 9.77. The standard InChI is InChI=1S/C20H18FN3O3S/c1-19(15-11-14(24(26)27)7-8-16(15)21)20(9-10-20)12-28-18(23-19)22-17(25)13-5-3-2-4-6-13/h2-8,11H,9-10,12H2,1H3,(H,22,23,25)/t19-/m1/s1. The van der Waals surface area contributed by atoms with Crippen molar-refractivity contribution >= 4 is 28.5 Å². The number of thioether (sulfide) groups is 1. The Balaban J connectivity index is 1.72. The Morgan fingerprint density at radius 1 is 1.25 bits per heavy atom. The topological polar surface area (TPSA) is 84.6 Å². The minimum atomic E-state index is -0.979. The molecule has 1 saturated carbocycles. The van der Waals surface area contributed by atoms with Crippen molar-refractivity contribution in [1.82, 2.24) is 5.32 Å². The molecule has 0 saturated heterocycles. The number of halogens is 1. The van der Waals surface area contributed by atoms with Crippen LogP contribution >= 0.6 is 11.8 Å². The summed E-state index contributed by atoms with van der Waals surface area (Å²) in [5, 5.41) is 14.4. The van der Waals surface area contributed by atoms with Crippen molar-refractivity contribution in [2.45, 2.75) is 25.3 Å². The number of nitrogens with one attached hydrogen (secondary N) is 1. The molecular weight excluding hydrogens is 381 g/mol. The summed E-state index contributed by atoms with van der Waals surface area (Å²) in [6.45, 7) is 1.80. The summed E-state index contributed by atoms with van der Waals surface area (Å²) in [5.41, 5.74) is -0.703. The number of aliphatic imine (C=N–C) groups is 1. The fourth-order valence-electron chi connectivity index (χ4n) is 3.65. The highest BCUT2D eigenvalue weighted by Gasteiger charge is 2.60. The predicted octanol–water partition coefficient (Wildman–Crippen LogP) is 4.26. The van der Waals surface area contributed by atoms with Gasteiger partial charge in [-0.3, -0.25) is 19.9 Å². The number of hydrogen-bond donors (Lipinski definition) is 1. The van der Waals surface area contributed by atoms with E-state index in [1.165, 1.54) is 17.8 Å². The van der Waals surface area contributed by atoms with Crippen LogP contribution in [0.2, 0.25) is 0 Å². The Morgan fingerprint density at radius 3 is 2.61 bits per heavy atom. The second-order valence-electron chi connectivity index (χ2n) is 7.30. The molecule has 6 nitrogen and oxygen atoms in total. The number of rotatable bonds is 3. The van der Waals surface area contributed by atoms with E-state index in [4.69, 9.17) is 4.99 Å². The number of amidine groups is 1. The summed E-state index contributed by atoms with van der Waals surface area (Å²) in [6, 6.07) is 12.3. The smallest absolute Gasteiger partial charge is 0.270 e. The highest BCUT2D eigenvalue weighted by molar-refractivity contribution is 8.14. The minimum Gasteiger partial charge on any atom is -0.301 e. The zero-order chi connectivity index (χ0) is 19.9. The van der Waals surface area contributed by atoms with Crippen molar-refractivity contribution < 1.29 is 14.1 Å². The van der Waals surface area contributed by atoms with E-state index in [1.807, 2.05) is 6.07 Å². The van der Waals surface area contributed by atoms with E-state index in [1.54, 1.807) is 31.2 Å². The number of nitro benzene ring substituents is 1. The highest BCUT2D eigenvalue weighted by atomic mass is 32.2. The molecule has 2 aromatic carbocycles. The maximum absolute atomic E-state index is 14.7. The molecule has 1 atom stereocenters. The first-order valence-corrected chi connectivity index (χ1v) is 9.87. The van der Waals surface area contributed by atoms with Crippen LogP contribution in [0.5, 0.6) is 0 Å². The van der Waals surface area contributed by atoms with Crippen molar-refractivity contribution in [3.63, 3.8) is 0 Å². The van der Waals surface area contributed by atoms with Gasteiger partial charge in [0.1, 0.15) is 5.82 Å². The lowest BCUT2D eigenvalue weighted by molar-refractivity contribution is -0.385. The van der Waals surface area contributed by atoms with Crippen LogP contribution in [0.1, 0.15) is 35.7 Å². The van der Waals surface area contributed by atoms with E-state index >= 15 is 0 Å². The molecular formula is C20H18FN3O3S. The molecule has 4 rings (SSSR count). The first-order valence-electron chi connectivity index (χ1n) is 8.88. The largest absolute Gasteiger partial charge is 0.301 e. The number of amides is 1. The SMILES string of the molecule is C[C@]1(c2cc([N+](=O)[O-])ccc2F)N=C(NC(=O)c2ccccc2)SCC12CC2. The first-order chi connectivity index (χ1) is 13.3. The molecule has 28 heavy (non-hydrogen) atoms. The number of carbonyl (C=O) groups excluding carboxylic acids is 1. The molecule has 1 amide bonds.